The van der Waals surface area contributed by atoms with Crippen LogP contribution in [0.1, 0.15) is 13.8 Å². The Labute approximate surface area is 113 Å². The van der Waals surface area contributed by atoms with E-state index in [9.17, 15) is 4.79 Å². The minimum Gasteiger partial charge on any atom is -0.368 e. The van der Waals surface area contributed by atoms with Gasteiger partial charge in [-0.3, -0.25) is 4.79 Å². The van der Waals surface area contributed by atoms with E-state index in [1.165, 1.54) is 0 Å². The quantitative estimate of drug-likeness (QED) is 0.698. The van der Waals surface area contributed by atoms with Gasteiger partial charge in [0.1, 0.15) is 0 Å². The van der Waals surface area contributed by atoms with Crippen LogP contribution in [0.4, 0.5) is 17.8 Å². The molecule has 0 unspecified atom stereocenters. The maximum absolute atomic E-state index is 11.0. The van der Waals surface area contributed by atoms with Crippen molar-refractivity contribution in [2.45, 2.75) is 13.8 Å². The fourth-order valence-corrected chi connectivity index (χ4v) is 1.59. The maximum atomic E-state index is 11.0. The molecule has 0 saturated heterocycles. The van der Waals surface area contributed by atoms with Crippen molar-refractivity contribution in [3.05, 3.63) is 0 Å². The Morgan fingerprint density at radius 3 is 2.26 bits per heavy atom. The third-order valence-electron chi connectivity index (χ3n) is 2.62. The van der Waals surface area contributed by atoms with E-state index >= 15 is 0 Å². The first kappa shape index (κ1) is 14.9. The van der Waals surface area contributed by atoms with Crippen LogP contribution in [-0.2, 0) is 4.79 Å². The molecule has 1 amide bonds. The average Bonchev–Trinajstić information content (AvgIpc) is 2.39. The Morgan fingerprint density at radius 2 is 1.79 bits per heavy atom. The number of rotatable bonds is 7. The lowest BCUT2D eigenvalue weighted by molar-refractivity contribution is -0.116. The molecule has 0 fully saturated rings. The van der Waals surface area contributed by atoms with E-state index in [-0.39, 0.29) is 6.54 Å². The molecule has 0 aliphatic rings. The third kappa shape index (κ3) is 3.94. The Bertz CT molecular complexity index is 433. The molecule has 19 heavy (non-hydrogen) atoms. The fourth-order valence-electron chi connectivity index (χ4n) is 1.59. The van der Waals surface area contributed by atoms with Crippen LogP contribution in [0, 0.1) is 0 Å². The van der Waals surface area contributed by atoms with Crippen LogP contribution < -0.4 is 20.9 Å². The SMILES string of the molecule is CCN(CC)c1nc(NC)nc(N(C)CC(N)=O)n1. The largest absolute Gasteiger partial charge is 0.368 e. The maximum Gasteiger partial charge on any atom is 0.237 e. The number of nitrogens with zero attached hydrogens (tertiary/aromatic N) is 5. The number of primary amides is 1. The van der Waals surface area contributed by atoms with Gasteiger partial charge in [-0.15, -0.1) is 0 Å². The van der Waals surface area contributed by atoms with Gasteiger partial charge in [-0.1, -0.05) is 0 Å². The molecule has 0 aliphatic carbocycles. The molecule has 3 N–H and O–H groups in total. The van der Waals surface area contributed by atoms with Crippen LogP contribution in [0.2, 0.25) is 0 Å². The Balaban J connectivity index is 3.10. The van der Waals surface area contributed by atoms with Gasteiger partial charge >= 0.3 is 0 Å². The molecule has 0 bridgehead atoms. The molecule has 1 aromatic rings. The second-order valence-electron chi connectivity index (χ2n) is 4.00. The lowest BCUT2D eigenvalue weighted by atomic mass is 10.5. The summed E-state index contributed by atoms with van der Waals surface area (Å²) in [5, 5.41) is 2.89. The standard InChI is InChI=1S/C11H21N7O/c1-5-18(6-2)11-15-9(13-3)14-10(16-11)17(4)7-8(12)19/h5-7H2,1-4H3,(H2,12,19)(H,13,14,15,16). The predicted molar refractivity (Wildman–Crippen MR) is 75.4 cm³/mol. The van der Waals surface area contributed by atoms with Crippen molar-refractivity contribution < 1.29 is 4.79 Å². The van der Waals surface area contributed by atoms with Crippen LogP contribution in [-0.4, -0.2) is 54.6 Å². The van der Waals surface area contributed by atoms with E-state index in [1.807, 2.05) is 18.7 Å². The molecule has 8 heteroatoms. The number of carbonyl (C=O) groups is 1. The molecule has 0 aliphatic heterocycles. The Hall–Kier alpha value is -2.12. The number of nitrogens with two attached hydrogens (primary N) is 1. The lowest BCUT2D eigenvalue weighted by Gasteiger charge is -2.21. The van der Waals surface area contributed by atoms with Gasteiger partial charge in [-0.2, -0.15) is 15.0 Å². The normalized spacial score (nSPS) is 10.1. The molecule has 8 nitrogen and oxygen atoms in total. The smallest absolute Gasteiger partial charge is 0.237 e. The molecule has 0 spiro atoms. The van der Waals surface area contributed by atoms with Gasteiger partial charge in [0.25, 0.3) is 0 Å². The van der Waals surface area contributed by atoms with Crippen molar-refractivity contribution in [1.82, 2.24) is 15.0 Å². The average molecular weight is 267 g/mol. The van der Waals surface area contributed by atoms with E-state index < -0.39 is 5.91 Å². The van der Waals surface area contributed by atoms with Crippen LogP contribution in [0.3, 0.4) is 0 Å². The number of nitrogens with one attached hydrogen (secondary N) is 1. The van der Waals surface area contributed by atoms with Crippen molar-refractivity contribution in [2.24, 2.45) is 5.73 Å². The van der Waals surface area contributed by atoms with Gasteiger partial charge in [0, 0.05) is 27.2 Å². The molecule has 0 atom stereocenters. The summed E-state index contributed by atoms with van der Waals surface area (Å²) in [7, 11) is 3.45. The summed E-state index contributed by atoms with van der Waals surface area (Å²) in [6, 6.07) is 0. The highest BCUT2D eigenvalue weighted by Gasteiger charge is 2.14. The van der Waals surface area contributed by atoms with Crippen LogP contribution in [0.25, 0.3) is 0 Å². The van der Waals surface area contributed by atoms with E-state index in [2.05, 4.69) is 20.3 Å². The molecular formula is C11H21N7O. The zero-order valence-corrected chi connectivity index (χ0v) is 11.8. The highest BCUT2D eigenvalue weighted by molar-refractivity contribution is 5.78. The number of hydrogen-bond acceptors (Lipinski definition) is 7. The first-order valence-electron chi connectivity index (χ1n) is 6.20. The van der Waals surface area contributed by atoms with Gasteiger partial charge < -0.3 is 20.9 Å². The molecule has 0 radical (unpaired) electrons. The third-order valence-corrected chi connectivity index (χ3v) is 2.62. The van der Waals surface area contributed by atoms with Gasteiger partial charge in [-0.05, 0) is 13.8 Å². The van der Waals surface area contributed by atoms with Gasteiger partial charge in [0.15, 0.2) is 0 Å². The Kier molecular flexibility index (Phi) is 5.28. The predicted octanol–water partition coefficient (Wildman–Crippen LogP) is -0.319. The molecular weight excluding hydrogens is 246 g/mol. The first-order valence-corrected chi connectivity index (χ1v) is 6.20. The Morgan fingerprint density at radius 1 is 1.21 bits per heavy atom. The highest BCUT2D eigenvalue weighted by atomic mass is 16.1. The van der Waals surface area contributed by atoms with Gasteiger partial charge in [-0.25, -0.2) is 0 Å². The van der Waals surface area contributed by atoms with Crippen LogP contribution in [0.5, 0.6) is 0 Å². The molecule has 1 heterocycles. The summed E-state index contributed by atoms with van der Waals surface area (Å²) < 4.78 is 0. The second kappa shape index (κ2) is 6.72. The second-order valence-corrected chi connectivity index (χ2v) is 4.00. The molecule has 1 aromatic heterocycles. The number of carbonyl (C=O) groups excluding carboxylic acids is 1. The number of hydrogen-bond donors (Lipinski definition) is 2. The van der Waals surface area contributed by atoms with Crippen LogP contribution in [0.15, 0.2) is 0 Å². The summed E-state index contributed by atoms with van der Waals surface area (Å²) in [6.07, 6.45) is 0. The lowest BCUT2D eigenvalue weighted by Crippen LogP contribution is -2.33. The van der Waals surface area contributed by atoms with Crippen LogP contribution >= 0.6 is 0 Å². The summed E-state index contributed by atoms with van der Waals surface area (Å²) in [5.41, 5.74) is 5.17. The van der Waals surface area contributed by atoms with Crippen molar-refractivity contribution in [3.8, 4) is 0 Å². The summed E-state index contributed by atoms with van der Waals surface area (Å²) >= 11 is 0. The van der Waals surface area contributed by atoms with E-state index in [0.29, 0.717) is 17.8 Å². The summed E-state index contributed by atoms with van der Waals surface area (Å²) in [5.74, 6) is 1.03. The number of anilines is 3. The fraction of sp³-hybridized carbons (Fsp3) is 0.636. The monoisotopic (exact) mass is 267 g/mol. The minimum absolute atomic E-state index is 0.0604. The summed E-state index contributed by atoms with van der Waals surface area (Å²) in [4.78, 5) is 27.4. The number of amides is 1. The first-order chi connectivity index (χ1) is 9.01. The zero-order chi connectivity index (χ0) is 14.4. The minimum atomic E-state index is -0.432. The van der Waals surface area contributed by atoms with Gasteiger partial charge in [0.05, 0.1) is 6.54 Å². The van der Waals surface area contributed by atoms with Crippen molar-refractivity contribution >= 4 is 23.8 Å². The molecule has 106 valence electrons. The number of likely N-dealkylation sites (N-methyl/N-ethyl adjacent to an activating group) is 1. The van der Waals surface area contributed by atoms with E-state index in [0.717, 1.165) is 13.1 Å². The van der Waals surface area contributed by atoms with Crippen molar-refractivity contribution in [2.75, 3.05) is 48.8 Å². The van der Waals surface area contributed by atoms with Crippen molar-refractivity contribution in [3.63, 3.8) is 0 Å². The number of aromatic nitrogens is 3. The van der Waals surface area contributed by atoms with Gasteiger partial charge in [0.2, 0.25) is 23.8 Å². The summed E-state index contributed by atoms with van der Waals surface area (Å²) in [6.45, 7) is 5.70. The molecule has 1 rings (SSSR count). The van der Waals surface area contributed by atoms with E-state index in [1.54, 1.807) is 19.0 Å². The van der Waals surface area contributed by atoms with E-state index in [4.69, 9.17) is 5.73 Å². The van der Waals surface area contributed by atoms with Crippen molar-refractivity contribution in [1.29, 1.82) is 0 Å². The molecule has 0 saturated carbocycles. The topological polar surface area (TPSA) is 100 Å². The highest BCUT2D eigenvalue weighted by Crippen LogP contribution is 2.15. The molecule has 0 aromatic carbocycles. The zero-order valence-electron chi connectivity index (χ0n) is 11.8.